The Bertz CT molecular complexity index is 1990. The van der Waals surface area contributed by atoms with E-state index in [1.807, 2.05) is 24.3 Å². The third-order valence-corrected chi connectivity index (χ3v) is 14.4. The Labute approximate surface area is 315 Å². The molecule has 3 heterocycles. The summed E-state index contributed by atoms with van der Waals surface area (Å²) in [5.74, 6) is -2.13. The van der Waals surface area contributed by atoms with Crippen molar-refractivity contribution < 1.29 is 37.1 Å². The number of ether oxygens (including phenoxy) is 2. The van der Waals surface area contributed by atoms with Gasteiger partial charge in [0.15, 0.2) is 0 Å². The molecule has 13 nitrogen and oxygen atoms in total. The fraction of sp³-hybridized carbons (Fsp3) is 0.575. The summed E-state index contributed by atoms with van der Waals surface area (Å²) >= 11 is 0. The van der Waals surface area contributed by atoms with E-state index in [0.717, 1.165) is 74.1 Å². The number of hydrogen-bond acceptors (Lipinski definition) is 9. The lowest BCUT2D eigenvalue weighted by Gasteiger charge is -2.32. The smallest absolute Gasteiger partial charge is 0.407 e. The van der Waals surface area contributed by atoms with E-state index in [1.54, 1.807) is 6.20 Å². The molecule has 14 heteroatoms. The minimum absolute atomic E-state index is 0.0256. The predicted octanol–water partition coefficient (Wildman–Crippen LogP) is 4.51. The van der Waals surface area contributed by atoms with Crippen LogP contribution in [0.25, 0.3) is 16.8 Å². The van der Waals surface area contributed by atoms with Crippen molar-refractivity contribution in [3.63, 3.8) is 0 Å². The van der Waals surface area contributed by atoms with Crippen molar-refractivity contribution in [1.82, 2.24) is 25.2 Å². The summed E-state index contributed by atoms with van der Waals surface area (Å²) in [6.07, 6.45) is 15.3. The number of hydrogen-bond donors (Lipinski definition) is 3. The number of carbonyl (C=O) groups is 4. The minimum atomic E-state index is -3.88. The number of nitrogens with one attached hydrogen (secondary N) is 3. The molecule has 54 heavy (non-hydrogen) atoms. The van der Waals surface area contributed by atoms with Gasteiger partial charge in [0, 0.05) is 29.3 Å². The highest BCUT2D eigenvalue weighted by atomic mass is 32.2. The minimum Gasteiger partial charge on any atom is -0.472 e. The Morgan fingerprint density at radius 3 is 2.56 bits per heavy atom. The van der Waals surface area contributed by atoms with E-state index in [9.17, 15) is 27.6 Å². The Hall–Kier alpha value is -4.46. The molecule has 5 fully saturated rings. The second-order valence-electron chi connectivity index (χ2n) is 16.3. The van der Waals surface area contributed by atoms with Gasteiger partial charge in [-0.1, -0.05) is 56.0 Å². The lowest BCUT2D eigenvalue weighted by Crippen LogP contribution is -2.59. The average molecular weight is 760 g/mol. The zero-order chi connectivity index (χ0) is 37.7. The Morgan fingerprint density at radius 2 is 1.83 bits per heavy atom. The number of benzene rings is 1. The number of fused-ring (bicyclic) bond motifs is 3. The van der Waals surface area contributed by atoms with Gasteiger partial charge in [0.2, 0.25) is 27.7 Å². The number of cyclic esters (lactones) is 1. The molecule has 3 N–H and O–H groups in total. The van der Waals surface area contributed by atoms with Gasteiger partial charge in [0.1, 0.15) is 23.7 Å². The molecule has 1 unspecified atom stereocenters. The van der Waals surface area contributed by atoms with Crippen LogP contribution in [0.2, 0.25) is 0 Å². The molecule has 1 aromatic carbocycles. The summed E-state index contributed by atoms with van der Waals surface area (Å²) in [5, 5.41) is 6.86. The van der Waals surface area contributed by atoms with Crippen LogP contribution in [0.3, 0.4) is 0 Å². The molecule has 4 bridgehead atoms. The van der Waals surface area contributed by atoms with E-state index in [-0.39, 0.29) is 37.3 Å². The number of alkyl carbamates (subject to hydrolysis) is 1. The molecule has 1 saturated heterocycles. The topological polar surface area (TPSA) is 173 Å². The maximum atomic E-state index is 14.8. The molecule has 1 aromatic heterocycles. The van der Waals surface area contributed by atoms with E-state index in [4.69, 9.17) is 9.47 Å². The summed E-state index contributed by atoms with van der Waals surface area (Å²) < 4.78 is 40.1. The van der Waals surface area contributed by atoms with E-state index in [1.165, 1.54) is 11.0 Å². The summed E-state index contributed by atoms with van der Waals surface area (Å²) in [6.45, 7) is 4.06. The zero-order valence-corrected chi connectivity index (χ0v) is 31.3. The van der Waals surface area contributed by atoms with Gasteiger partial charge in [-0.2, -0.15) is 0 Å². The molecule has 4 saturated carbocycles. The molecule has 2 aliphatic heterocycles. The fourth-order valence-corrected chi connectivity index (χ4v) is 10.5. The quantitative estimate of drug-likeness (QED) is 0.344. The van der Waals surface area contributed by atoms with Crippen molar-refractivity contribution in [2.24, 2.45) is 17.3 Å². The van der Waals surface area contributed by atoms with E-state index < -0.39 is 68.7 Å². The van der Waals surface area contributed by atoms with Crippen LogP contribution in [0, 0.1) is 17.3 Å². The number of amides is 4. The van der Waals surface area contributed by atoms with E-state index in [2.05, 4.69) is 39.1 Å². The SMILES string of the molecule is C=CC1C[C@]1(NC(=O)[C@@H]1C[C@@H]2CN1C(=O)[C@H](C1CCCC1)NC(=O)OCC1(C/C=C/c3ccc4ccnc(c4c3)O2)CCCC1)C(=O)NS(=O)(=O)C1CC1. The van der Waals surface area contributed by atoms with Crippen LogP contribution in [0.15, 0.2) is 49.2 Å². The van der Waals surface area contributed by atoms with Crippen molar-refractivity contribution in [2.75, 3.05) is 13.2 Å². The molecule has 2 aromatic rings. The summed E-state index contributed by atoms with van der Waals surface area (Å²) in [7, 11) is -3.88. The van der Waals surface area contributed by atoms with Crippen LogP contribution in [0.5, 0.6) is 5.88 Å². The molecule has 4 aliphatic carbocycles. The van der Waals surface area contributed by atoms with Gasteiger partial charge in [-0.25, -0.2) is 18.2 Å². The number of sulfonamides is 1. The van der Waals surface area contributed by atoms with Crippen LogP contribution >= 0.6 is 0 Å². The highest BCUT2D eigenvalue weighted by molar-refractivity contribution is 7.91. The van der Waals surface area contributed by atoms with Crippen molar-refractivity contribution in [1.29, 1.82) is 0 Å². The number of allylic oxidation sites excluding steroid dienone is 1. The monoisotopic (exact) mass is 759 g/mol. The second-order valence-corrected chi connectivity index (χ2v) is 18.3. The molecule has 5 atom stereocenters. The van der Waals surface area contributed by atoms with Crippen molar-refractivity contribution in [3.05, 3.63) is 54.8 Å². The first-order valence-electron chi connectivity index (χ1n) is 19.5. The average Bonchev–Trinajstić information content (AvgIpc) is 3.93. The van der Waals surface area contributed by atoms with Crippen molar-refractivity contribution in [2.45, 2.75) is 112 Å². The third-order valence-electron chi connectivity index (χ3n) is 12.6. The van der Waals surface area contributed by atoms with E-state index in [0.29, 0.717) is 18.7 Å². The summed E-state index contributed by atoms with van der Waals surface area (Å²) in [4.78, 5) is 62.2. The van der Waals surface area contributed by atoms with Gasteiger partial charge in [-0.3, -0.25) is 19.1 Å². The van der Waals surface area contributed by atoms with Gasteiger partial charge in [0.25, 0.3) is 5.91 Å². The molecule has 8 rings (SSSR count). The van der Waals surface area contributed by atoms with Crippen LogP contribution < -0.4 is 20.1 Å². The van der Waals surface area contributed by atoms with Crippen LogP contribution in [0.1, 0.15) is 89.0 Å². The van der Waals surface area contributed by atoms with Gasteiger partial charge in [0.05, 0.1) is 18.4 Å². The largest absolute Gasteiger partial charge is 0.472 e. The lowest BCUT2D eigenvalue weighted by atomic mass is 9.83. The molecule has 6 aliphatic rings. The Kier molecular flexibility index (Phi) is 9.68. The fourth-order valence-electron chi connectivity index (χ4n) is 9.12. The van der Waals surface area contributed by atoms with Gasteiger partial charge in [-0.15, -0.1) is 6.58 Å². The normalized spacial score (nSPS) is 30.6. The second kappa shape index (κ2) is 14.3. The first kappa shape index (κ1) is 36.5. The standard InChI is InChI=1S/C40H49N5O8S/c1-2-28-22-40(28,37(48)44-54(50,51)30-13-14-30)43-34(46)32-21-29-23-45(32)36(47)33(27-9-3-4-10-27)42-38(49)52-24-39(16-5-6-17-39)18-7-8-25-11-12-26-15-19-41-35(53-29)31(26)20-25/h2,7-8,11-12,15,19-20,27-30,32-33H,1,3-6,9-10,13-14,16-18,21-24H2,(H,42,49)(H,43,46)(H,44,48)/b8-7+/t28?,29-,32+,33+,40-/m1/s1. The van der Waals surface area contributed by atoms with Crippen molar-refractivity contribution >= 4 is 50.7 Å². The summed E-state index contributed by atoms with van der Waals surface area (Å²) in [6, 6.07) is 5.93. The lowest BCUT2D eigenvalue weighted by molar-refractivity contribution is -0.142. The first-order chi connectivity index (χ1) is 26.0. The molecule has 1 spiro atoms. The van der Waals surface area contributed by atoms with Gasteiger partial charge >= 0.3 is 6.09 Å². The number of pyridine rings is 1. The van der Waals surface area contributed by atoms with Crippen LogP contribution in [-0.2, 0) is 29.1 Å². The van der Waals surface area contributed by atoms with Crippen LogP contribution in [-0.4, -0.2) is 84.2 Å². The van der Waals surface area contributed by atoms with Crippen molar-refractivity contribution in [3.8, 4) is 5.88 Å². The molecular weight excluding hydrogens is 711 g/mol. The maximum absolute atomic E-state index is 14.8. The third kappa shape index (κ3) is 7.21. The maximum Gasteiger partial charge on any atom is 0.407 e. The first-order valence-corrected chi connectivity index (χ1v) is 21.0. The number of aromatic nitrogens is 1. The molecular formula is C40H49N5O8S. The zero-order valence-electron chi connectivity index (χ0n) is 30.5. The number of carbonyl (C=O) groups excluding carboxylic acids is 4. The number of rotatable bonds is 7. The molecule has 288 valence electrons. The van der Waals surface area contributed by atoms with Crippen LogP contribution in [0.4, 0.5) is 4.79 Å². The highest BCUT2D eigenvalue weighted by Crippen LogP contribution is 2.46. The molecule has 0 radical (unpaired) electrons. The van der Waals surface area contributed by atoms with Gasteiger partial charge in [-0.05, 0) is 80.4 Å². The Morgan fingerprint density at radius 1 is 1.06 bits per heavy atom. The highest BCUT2D eigenvalue weighted by Gasteiger charge is 2.62. The summed E-state index contributed by atoms with van der Waals surface area (Å²) in [5.41, 5.74) is -0.761. The van der Waals surface area contributed by atoms with E-state index >= 15 is 0 Å². The Balaban J connectivity index is 1.13. The molecule has 4 amide bonds. The number of nitrogens with zero attached hydrogens (tertiary/aromatic N) is 2. The predicted molar refractivity (Wildman–Crippen MR) is 200 cm³/mol. The van der Waals surface area contributed by atoms with Gasteiger partial charge < -0.3 is 25.0 Å².